The quantitative estimate of drug-likeness (QED) is 0.546. The number of likely N-dealkylation sites (tertiary alicyclic amines) is 1. The lowest BCUT2D eigenvalue weighted by Crippen LogP contribution is -2.54. The van der Waals surface area contributed by atoms with E-state index in [1.165, 1.54) is 7.05 Å². The molecule has 7 heteroatoms. The predicted molar refractivity (Wildman–Crippen MR) is 74.1 cm³/mol. The Bertz CT molecular complexity index is 411. The SMILES string of the molecule is CCCC(C(=O)NC1CCC(=O)N(C)C1=O)C(N)=S. The summed E-state index contributed by atoms with van der Waals surface area (Å²) in [6.07, 6.45) is 1.89. The van der Waals surface area contributed by atoms with Crippen LogP contribution in [-0.4, -0.2) is 40.7 Å². The number of carbonyl (C=O) groups excluding carboxylic acids is 3. The van der Waals surface area contributed by atoms with Crippen molar-refractivity contribution in [2.24, 2.45) is 11.7 Å². The largest absolute Gasteiger partial charge is 0.393 e. The van der Waals surface area contributed by atoms with E-state index in [0.29, 0.717) is 12.8 Å². The molecular weight excluding hydrogens is 266 g/mol. The molecule has 19 heavy (non-hydrogen) atoms. The molecule has 1 aliphatic heterocycles. The first-order chi connectivity index (χ1) is 8.88. The molecule has 1 fully saturated rings. The summed E-state index contributed by atoms with van der Waals surface area (Å²) < 4.78 is 0. The fraction of sp³-hybridized carbons (Fsp3) is 0.667. The van der Waals surface area contributed by atoms with E-state index in [1.54, 1.807) is 0 Å². The summed E-state index contributed by atoms with van der Waals surface area (Å²) in [5, 5.41) is 2.64. The van der Waals surface area contributed by atoms with E-state index in [9.17, 15) is 14.4 Å². The Morgan fingerprint density at radius 1 is 1.58 bits per heavy atom. The van der Waals surface area contributed by atoms with Crippen molar-refractivity contribution >= 4 is 34.9 Å². The van der Waals surface area contributed by atoms with Crippen LogP contribution in [0.3, 0.4) is 0 Å². The standard InChI is InChI=1S/C12H19N3O3S/c1-3-4-7(10(13)19)11(17)14-8-5-6-9(16)15(2)12(8)18/h7-8H,3-6H2,1-2H3,(H2,13,19)(H,14,17). The Morgan fingerprint density at radius 3 is 2.74 bits per heavy atom. The lowest BCUT2D eigenvalue weighted by atomic mass is 10.00. The number of hydrogen-bond acceptors (Lipinski definition) is 4. The molecule has 2 unspecified atom stereocenters. The Hall–Kier alpha value is -1.50. The topological polar surface area (TPSA) is 92.5 Å². The molecule has 0 aliphatic carbocycles. The average Bonchev–Trinajstić information content (AvgIpc) is 2.36. The van der Waals surface area contributed by atoms with Crippen molar-refractivity contribution in [3.05, 3.63) is 0 Å². The number of piperidine rings is 1. The molecular formula is C12H19N3O3S. The summed E-state index contributed by atoms with van der Waals surface area (Å²) in [5.74, 6) is -1.51. The molecule has 1 saturated heterocycles. The first-order valence-corrected chi connectivity index (χ1v) is 6.69. The van der Waals surface area contributed by atoms with E-state index in [-0.39, 0.29) is 29.1 Å². The smallest absolute Gasteiger partial charge is 0.251 e. The second-order valence-corrected chi connectivity index (χ2v) is 5.11. The van der Waals surface area contributed by atoms with Crippen LogP contribution in [0.15, 0.2) is 0 Å². The number of rotatable bonds is 5. The molecule has 0 aromatic rings. The van der Waals surface area contributed by atoms with Crippen LogP contribution in [0.1, 0.15) is 32.6 Å². The molecule has 3 N–H and O–H groups in total. The molecule has 106 valence electrons. The van der Waals surface area contributed by atoms with Gasteiger partial charge in [0.05, 0.1) is 10.9 Å². The molecule has 1 heterocycles. The van der Waals surface area contributed by atoms with Gasteiger partial charge in [-0.2, -0.15) is 0 Å². The minimum Gasteiger partial charge on any atom is -0.393 e. The van der Waals surface area contributed by atoms with Crippen molar-refractivity contribution in [1.29, 1.82) is 0 Å². The highest BCUT2D eigenvalue weighted by Gasteiger charge is 2.34. The minimum absolute atomic E-state index is 0.132. The number of imide groups is 1. The number of carbonyl (C=O) groups is 3. The van der Waals surface area contributed by atoms with Gasteiger partial charge in [0.25, 0.3) is 5.91 Å². The molecule has 2 atom stereocenters. The van der Waals surface area contributed by atoms with E-state index >= 15 is 0 Å². The molecule has 0 spiro atoms. The van der Waals surface area contributed by atoms with Crippen LogP contribution >= 0.6 is 12.2 Å². The third-order valence-corrected chi connectivity index (χ3v) is 3.49. The highest BCUT2D eigenvalue weighted by molar-refractivity contribution is 7.80. The number of likely N-dealkylation sites (N-methyl/N-ethyl adjacent to an activating group) is 1. The summed E-state index contributed by atoms with van der Waals surface area (Å²) in [7, 11) is 1.42. The maximum Gasteiger partial charge on any atom is 0.251 e. The summed E-state index contributed by atoms with van der Waals surface area (Å²) in [6.45, 7) is 1.93. The van der Waals surface area contributed by atoms with Crippen molar-refractivity contribution in [3.8, 4) is 0 Å². The van der Waals surface area contributed by atoms with Crippen LogP contribution in [0, 0.1) is 5.92 Å². The molecule has 0 saturated carbocycles. The monoisotopic (exact) mass is 285 g/mol. The van der Waals surface area contributed by atoms with E-state index < -0.39 is 12.0 Å². The zero-order valence-corrected chi connectivity index (χ0v) is 12.0. The molecule has 1 aliphatic rings. The molecule has 6 nitrogen and oxygen atoms in total. The Labute approximate surface area is 117 Å². The lowest BCUT2D eigenvalue weighted by Gasteiger charge is -2.29. The number of nitrogens with two attached hydrogens (primary N) is 1. The highest BCUT2D eigenvalue weighted by atomic mass is 32.1. The number of nitrogens with zero attached hydrogens (tertiary/aromatic N) is 1. The second kappa shape index (κ2) is 6.60. The minimum atomic E-state index is -0.663. The van der Waals surface area contributed by atoms with Crippen molar-refractivity contribution in [1.82, 2.24) is 10.2 Å². The number of hydrogen-bond donors (Lipinski definition) is 2. The van der Waals surface area contributed by atoms with Crippen LogP contribution < -0.4 is 11.1 Å². The van der Waals surface area contributed by atoms with Crippen molar-refractivity contribution in [2.45, 2.75) is 38.6 Å². The first-order valence-electron chi connectivity index (χ1n) is 6.28. The summed E-state index contributed by atoms with van der Waals surface area (Å²) in [6, 6.07) is -0.663. The van der Waals surface area contributed by atoms with E-state index in [2.05, 4.69) is 5.32 Å². The Kier molecular flexibility index (Phi) is 5.41. The average molecular weight is 285 g/mol. The molecule has 3 amide bonds. The van der Waals surface area contributed by atoms with Gasteiger partial charge in [-0.15, -0.1) is 0 Å². The molecule has 0 bridgehead atoms. The van der Waals surface area contributed by atoms with Gasteiger partial charge in [-0.05, 0) is 12.8 Å². The third kappa shape index (κ3) is 3.73. The Balaban J connectivity index is 2.68. The van der Waals surface area contributed by atoms with E-state index in [1.807, 2.05) is 6.92 Å². The van der Waals surface area contributed by atoms with E-state index in [4.69, 9.17) is 18.0 Å². The van der Waals surface area contributed by atoms with Gasteiger partial charge in [0.15, 0.2) is 0 Å². The number of thiocarbonyl (C=S) groups is 1. The maximum atomic E-state index is 12.0. The van der Waals surface area contributed by atoms with E-state index in [0.717, 1.165) is 11.3 Å². The fourth-order valence-electron chi connectivity index (χ4n) is 2.01. The van der Waals surface area contributed by atoms with Crippen molar-refractivity contribution in [2.75, 3.05) is 7.05 Å². The maximum absolute atomic E-state index is 12.0. The van der Waals surface area contributed by atoms with Crippen LogP contribution in [-0.2, 0) is 14.4 Å². The normalized spacial score (nSPS) is 21.2. The molecule has 0 aromatic heterocycles. The molecule has 0 radical (unpaired) electrons. The van der Waals surface area contributed by atoms with Gasteiger partial charge in [-0.3, -0.25) is 19.3 Å². The van der Waals surface area contributed by atoms with Crippen molar-refractivity contribution < 1.29 is 14.4 Å². The lowest BCUT2D eigenvalue weighted by molar-refractivity contribution is -0.149. The van der Waals surface area contributed by atoms with Crippen LogP contribution in [0.4, 0.5) is 0 Å². The van der Waals surface area contributed by atoms with Gasteiger partial charge in [0.2, 0.25) is 11.8 Å². The first kappa shape index (κ1) is 15.6. The van der Waals surface area contributed by atoms with Gasteiger partial charge < -0.3 is 11.1 Å². The number of nitrogens with one attached hydrogen (secondary N) is 1. The number of amides is 3. The predicted octanol–water partition coefficient (Wildman–Crippen LogP) is -0.0476. The fourth-order valence-corrected chi connectivity index (χ4v) is 2.24. The van der Waals surface area contributed by atoms with Gasteiger partial charge >= 0.3 is 0 Å². The van der Waals surface area contributed by atoms with Gasteiger partial charge in [-0.1, -0.05) is 25.6 Å². The molecule has 1 rings (SSSR count). The summed E-state index contributed by atoms with van der Waals surface area (Å²) >= 11 is 4.87. The summed E-state index contributed by atoms with van der Waals surface area (Å²) in [5.41, 5.74) is 5.53. The van der Waals surface area contributed by atoms with Gasteiger partial charge in [0, 0.05) is 13.5 Å². The van der Waals surface area contributed by atoms with Crippen LogP contribution in [0.5, 0.6) is 0 Å². The zero-order chi connectivity index (χ0) is 14.6. The highest BCUT2D eigenvalue weighted by Crippen LogP contribution is 2.13. The van der Waals surface area contributed by atoms with Gasteiger partial charge in [-0.25, -0.2) is 0 Å². The summed E-state index contributed by atoms with van der Waals surface area (Å²) in [4.78, 5) is 36.4. The third-order valence-electron chi connectivity index (χ3n) is 3.20. The van der Waals surface area contributed by atoms with Crippen LogP contribution in [0.25, 0.3) is 0 Å². The Morgan fingerprint density at radius 2 is 2.21 bits per heavy atom. The van der Waals surface area contributed by atoms with Crippen LogP contribution in [0.2, 0.25) is 0 Å². The molecule has 0 aromatic carbocycles. The van der Waals surface area contributed by atoms with Gasteiger partial charge in [0.1, 0.15) is 6.04 Å². The second-order valence-electron chi connectivity index (χ2n) is 4.63. The van der Waals surface area contributed by atoms with Crippen molar-refractivity contribution in [3.63, 3.8) is 0 Å². The zero-order valence-electron chi connectivity index (χ0n) is 11.1.